The first-order chi connectivity index (χ1) is 9.12. The molecule has 0 radical (unpaired) electrons. The lowest BCUT2D eigenvalue weighted by molar-refractivity contribution is -0.122. The van der Waals surface area contributed by atoms with Crippen molar-refractivity contribution in [3.8, 4) is 0 Å². The number of amides is 1. The van der Waals surface area contributed by atoms with Gasteiger partial charge in [-0.25, -0.2) is 0 Å². The average molecular weight is 304 g/mol. The number of halogens is 1. The average Bonchev–Trinajstić information content (AvgIpc) is 2.90. The molecule has 0 aromatic heterocycles. The maximum absolute atomic E-state index is 12.0. The first kappa shape index (κ1) is 17.7. The Labute approximate surface area is 129 Å². The molecule has 2 rings (SSSR count). The summed E-state index contributed by atoms with van der Waals surface area (Å²) in [7, 11) is 4.30. The largest absolute Gasteiger partial charge is 0.354 e. The first-order valence-electron chi connectivity index (χ1n) is 7.80. The highest BCUT2D eigenvalue weighted by Gasteiger charge is 2.34. The third-order valence-electron chi connectivity index (χ3n) is 4.94. The number of likely N-dealkylation sites (N-methyl/N-ethyl adjacent to an activating group) is 1. The predicted molar refractivity (Wildman–Crippen MR) is 85.4 cm³/mol. The molecule has 1 aliphatic carbocycles. The van der Waals surface area contributed by atoms with Crippen molar-refractivity contribution in [2.45, 2.75) is 62.9 Å². The summed E-state index contributed by atoms with van der Waals surface area (Å²) in [5.41, 5.74) is 0.191. The molecular formula is C15H30ClN3O. The molecule has 1 heterocycles. The summed E-state index contributed by atoms with van der Waals surface area (Å²) in [5.74, 6) is 0.214. The molecule has 118 valence electrons. The lowest BCUT2D eigenvalue weighted by Crippen LogP contribution is -2.54. The lowest BCUT2D eigenvalue weighted by Gasteiger charge is -2.43. The second kappa shape index (κ2) is 8.20. The van der Waals surface area contributed by atoms with Crippen LogP contribution in [0.25, 0.3) is 0 Å². The van der Waals surface area contributed by atoms with Gasteiger partial charge in [-0.15, -0.1) is 12.4 Å². The normalized spacial score (nSPS) is 25.2. The first-order valence-corrected chi connectivity index (χ1v) is 7.80. The summed E-state index contributed by atoms with van der Waals surface area (Å²) >= 11 is 0. The van der Waals surface area contributed by atoms with Crippen LogP contribution in [0.15, 0.2) is 0 Å². The van der Waals surface area contributed by atoms with Gasteiger partial charge in [0.15, 0.2) is 0 Å². The van der Waals surface area contributed by atoms with E-state index in [2.05, 4.69) is 29.6 Å². The van der Waals surface area contributed by atoms with E-state index < -0.39 is 0 Å². The summed E-state index contributed by atoms with van der Waals surface area (Å²) in [4.78, 5) is 14.4. The standard InChI is InChI=1S/C15H29N3O.ClH/c1-18(2)15(8-4-3-5-9-15)12-17-14(19)11-13-7-6-10-16-13;/h13,16H,3-12H2,1-2H3,(H,17,19);1H. The summed E-state index contributed by atoms with van der Waals surface area (Å²) in [6, 6.07) is 0.404. The van der Waals surface area contributed by atoms with Crippen molar-refractivity contribution in [1.29, 1.82) is 0 Å². The van der Waals surface area contributed by atoms with E-state index in [0.29, 0.717) is 12.5 Å². The topological polar surface area (TPSA) is 44.4 Å². The fourth-order valence-corrected chi connectivity index (χ4v) is 3.48. The molecule has 2 N–H and O–H groups in total. The fraction of sp³-hybridized carbons (Fsp3) is 0.933. The quantitative estimate of drug-likeness (QED) is 0.816. The zero-order chi connectivity index (χ0) is 13.7. The molecule has 20 heavy (non-hydrogen) atoms. The second-order valence-electron chi connectivity index (χ2n) is 6.45. The van der Waals surface area contributed by atoms with Crippen molar-refractivity contribution in [3.63, 3.8) is 0 Å². The Morgan fingerprint density at radius 1 is 1.25 bits per heavy atom. The number of nitrogens with one attached hydrogen (secondary N) is 2. The molecule has 0 spiro atoms. The zero-order valence-electron chi connectivity index (χ0n) is 12.9. The molecule has 1 amide bonds. The van der Waals surface area contributed by atoms with Gasteiger partial charge in [0.2, 0.25) is 5.91 Å². The number of rotatable bonds is 5. The van der Waals surface area contributed by atoms with Crippen LogP contribution in [-0.4, -0.2) is 49.6 Å². The monoisotopic (exact) mass is 303 g/mol. The summed E-state index contributed by atoms with van der Waals surface area (Å²) in [6.45, 7) is 1.88. The van der Waals surface area contributed by atoms with E-state index >= 15 is 0 Å². The number of carbonyl (C=O) groups is 1. The van der Waals surface area contributed by atoms with Crippen molar-refractivity contribution in [2.75, 3.05) is 27.2 Å². The highest BCUT2D eigenvalue weighted by molar-refractivity contribution is 5.85. The Balaban J connectivity index is 0.00000200. The van der Waals surface area contributed by atoms with Crippen molar-refractivity contribution >= 4 is 18.3 Å². The van der Waals surface area contributed by atoms with E-state index in [1.54, 1.807) is 0 Å². The molecule has 0 bridgehead atoms. The molecule has 1 atom stereocenters. The summed E-state index contributed by atoms with van der Waals surface area (Å²) in [6.07, 6.45) is 9.34. The SMILES string of the molecule is CN(C)C1(CNC(=O)CC2CCCN2)CCCCC1.Cl. The van der Waals surface area contributed by atoms with Gasteiger partial charge in [0.1, 0.15) is 0 Å². The van der Waals surface area contributed by atoms with Crippen molar-refractivity contribution < 1.29 is 4.79 Å². The minimum atomic E-state index is 0. The van der Waals surface area contributed by atoms with Crippen LogP contribution in [0.1, 0.15) is 51.4 Å². The van der Waals surface area contributed by atoms with Gasteiger partial charge in [0, 0.05) is 24.5 Å². The van der Waals surface area contributed by atoms with E-state index in [9.17, 15) is 4.79 Å². The summed E-state index contributed by atoms with van der Waals surface area (Å²) < 4.78 is 0. The third-order valence-corrected chi connectivity index (χ3v) is 4.94. The van der Waals surface area contributed by atoms with Gasteiger partial charge in [-0.3, -0.25) is 4.79 Å². The van der Waals surface area contributed by atoms with Crippen LogP contribution in [0, 0.1) is 0 Å². The highest BCUT2D eigenvalue weighted by Crippen LogP contribution is 2.31. The van der Waals surface area contributed by atoms with Gasteiger partial charge >= 0.3 is 0 Å². The van der Waals surface area contributed by atoms with E-state index in [4.69, 9.17) is 0 Å². The van der Waals surface area contributed by atoms with Crippen molar-refractivity contribution in [1.82, 2.24) is 15.5 Å². The van der Waals surface area contributed by atoms with Crippen LogP contribution >= 0.6 is 12.4 Å². The Morgan fingerprint density at radius 3 is 2.50 bits per heavy atom. The molecule has 4 nitrogen and oxygen atoms in total. The van der Waals surface area contributed by atoms with Gasteiger partial charge in [-0.2, -0.15) is 0 Å². The smallest absolute Gasteiger partial charge is 0.221 e. The van der Waals surface area contributed by atoms with E-state index in [1.807, 2.05) is 0 Å². The van der Waals surface area contributed by atoms with Gasteiger partial charge in [-0.1, -0.05) is 19.3 Å². The van der Waals surface area contributed by atoms with Gasteiger partial charge < -0.3 is 15.5 Å². The molecule has 5 heteroatoms. The molecule has 0 aromatic carbocycles. The van der Waals surface area contributed by atoms with Crippen LogP contribution in [-0.2, 0) is 4.79 Å². The molecule has 1 saturated heterocycles. The Kier molecular flexibility index (Phi) is 7.27. The van der Waals surface area contributed by atoms with E-state index in [-0.39, 0.29) is 23.9 Å². The third kappa shape index (κ3) is 4.61. The number of carbonyl (C=O) groups excluding carboxylic acids is 1. The molecule has 2 fully saturated rings. The van der Waals surface area contributed by atoms with Gasteiger partial charge in [0.05, 0.1) is 0 Å². The van der Waals surface area contributed by atoms with Crippen LogP contribution in [0.3, 0.4) is 0 Å². The van der Waals surface area contributed by atoms with Crippen molar-refractivity contribution in [2.24, 2.45) is 0 Å². The number of nitrogens with zero attached hydrogens (tertiary/aromatic N) is 1. The van der Waals surface area contributed by atoms with Crippen LogP contribution in [0.5, 0.6) is 0 Å². The van der Waals surface area contributed by atoms with E-state index in [0.717, 1.165) is 19.5 Å². The van der Waals surface area contributed by atoms with Gasteiger partial charge in [0.25, 0.3) is 0 Å². The maximum Gasteiger partial charge on any atom is 0.221 e. The van der Waals surface area contributed by atoms with Gasteiger partial charge in [-0.05, 0) is 46.3 Å². The molecule has 1 saturated carbocycles. The predicted octanol–water partition coefficient (Wildman–Crippen LogP) is 1.93. The minimum absolute atomic E-state index is 0. The Morgan fingerprint density at radius 2 is 1.95 bits per heavy atom. The van der Waals surface area contributed by atoms with Crippen molar-refractivity contribution in [3.05, 3.63) is 0 Å². The number of hydrogen-bond donors (Lipinski definition) is 2. The van der Waals surface area contributed by atoms with Crippen LogP contribution in [0.4, 0.5) is 0 Å². The molecule has 0 aromatic rings. The molecule has 1 unspecified atom stereocenters. The second-order valence-corrected chi connectivity index (χ2v) is 6.45. The molecule has 1 aliphatic heterocycles. The molecular weight excluding hydrogens is 274 g/mol. The Hall–Kier alpha value is -0.320. The lowest BCUT2D eigenvalue weighted by atomic mass is 9.80. The maximum atomic E-state index is 12.0. The minimum Gasteiger partial charge on any atom is -0.354 e. The fourth-order valence-electron chi connectivity index (χ4n) is 3.48. The van der Waals surface area contributed by atoms with Crippen LogP contribution < -0.4 is 10.6 Å². The zero-order valence-corrected chi connectivity index (χ0v) is 13.7. The summed E-state index contributed by atoms with van der Waals surface area (Å²) in [5, 5.41) is 6.57. The Bertz CT molecular complexity index is 297. The highest BCUT2D eigenvalue weighted by atomic mass is 35.5. The van der Waals surface area contributed by atoms with E-state index in [1.165, 1.54) is 38.5 Å². The van der Waals surface area contributed by atoms with Crippen LogP contribution in [0.2, 0.25) is 0 Å². The molecule has 2 aliphatic rings. The number of hydrogen-bond acceptors (Lipinski definition) is 3.